The second-order valence-electron chi connectivity index (χ2n) is 7.30. The number of amides is 1. The average molecular weight is 335 g/mol. The third kappa shape index (κ3) is 4.13. The molecule has 7 nitrogen and oxygen atoms in total. The van der Waals surface area contributed by atoms with Crippen LogP contribution in [-0.2, 0) is 16.1 Å². The Hall–Kier alpha value is -1.47. The van der Waals surface area contributed by atoms with Gasteiger partial charge in [-0.2, -0.15) is 5.10 Å². The first-order chi connectivity index (χ1) is 11.5. The van der Waals surface area contributed by atoms with Gasteiger partial charge in [0.1, 0.15) is 12.7 Å². The Morgan fingerprint density at radius 2 is 2.04 bits per heavy atom. The quantitative estimate of drug-likeness (QED) is 0.822. The van der Waals surface area contributed by atoms with Crippen molar-refractivity contribution < 1.29 is 9.53 Å². The van der Waals surface area contributed by atoms with Crippen LogP contribution in [0.3, 0.4) is 0 Å². The lowest BCUT2D eigenvalue weighted by Gasteiger charge is -2.41. The van der Waals surface area contributed by atoms with E-state index < -0.39 is 0 Å². The number of likely N-dealkylation sites (tertiary alicyclic amines) is 1. The van der Waals surface area contributed by atoms with Crippen LogP contribution in [0.4, 0.5) is 0 Å². The minimum atomic E-state index is -0.0685. The Bertz CT molecular complexity index is 525. The van der Waals surface area contributed by atoms with Gasteiger partial charge in [-0.3, -0.25) is 14.4 Å². The van der Waals surface area contributed by atoms with Gasteiger partial charge in [-0.15, -0.1) is 0 Å². The van der Waals surface area contributed by atoms with Crippen LogP contribution in [0.5, 0.6) is 0 Å². The molecule has 2 aliphatic heterocycles. The van der Waals surface area contributed by atoms with Gasteiger partial charge in [-0.1, -0.05) is 0 Å². The summed E-state index contributed by atoms with van der Waals surface area (Å²) >= 11 is 0. The number of hydrogen-bond donors (Lipinski definition) is 0. The summed E-state index contributed by atoms with van der Waals surface area (Å²) in [5, 5.41) is 4.20. The van der Waals surface area contributed by atoms with E-state index in [0.717, 1.165) is 26.1 Å². The van der Waals surface area contributed by atoms with Gasteiger partial charge in [0.05, 0.1) is 18.2 Å². The van der Waals surface area contributed by atoms with Crippen molar-refractivity contribution in [1.82, 2.24) is 24.6 Å². The molecule has 0 radical (unpaired) electrons. The average Bonchev–Trinajstić information content (AvgIpc) is 3.06. The first-order valence-electron chi connectivity index (χ1n) is 9.03. The number of aromatic nitrogens is 3. The highest BCUT2D eigenvalue weighted by atomic mass is 16.5. The third-order valence-electron chi connectivity index (χ3n) is 5.10. The fraction of sp³-hybridized carbons (Fsp3) is 0.824. The molecule has 24 heavy (non-hydrogen) atoms. The summed E-state index contributed by atoms with van der Waals surface area (Å²) in [5.74, 6) is 0.761. The molecule has 0 spiro atoms. The van der Waals surface area contributed by atoms with Gasteiger partial charge in [0.2, 0.25) is 5.91 Å². The van der Waals surface area contributed by atoms with Crippen molar-refractivity contribution in [1.29, 1.82) is 0 Å². The Morgan fingerprint density at radius 1 is 1.29 bits per heavy atom. The summed E-state index contributed by atoms with van der Waals surface area (Å²) in [4.78, 5) is 21.2. The highest BCUT2D eigenvalue weighted by Gasteiger charge is 2.33. The van der Waals surface area contributed by atoms with Gasteiger partial charge in [0.15, 0.2) is 0 Å². The van der Waals surface area contributed by atoms with Crippen LogP contribution in [0, 0.1) is 5.92 Å². The molecule has 7 heteroatoms. The normalized spacial score (nSPS) is 30.3. The smallest absolute Gasteiger partial charge is 0.239 e. The zero-order valence-electron chi connectivity index (χ0n) is 15.0. The maximum atomic E-state index is 12.9. The van der Waals surface area contributed by atoms with Crippen LogP contribution in [-0.4, -0.2) is 74.9 Å². The molecule has 0 bridgehead atoms. The van der Waals surface area contributed by atoms with Crippen LogP contribution < -0.4 is 0 Å². The molecular weight excluding hydrogens is 306 g/mol. The molecule has 4 atom stereocenters. The Labute approximate surface area is 144 Å². The van der Waals surface area contributed by atoms with Gasteiger partial charge in [-0.05, 0) is 46.1 Å². The topological polar surface area (TPSA) is 63.5 Å². The fourth-order valence-electron chi connectivity index (χ4n) is 3.97. The molecule has 3 heterocycles. The maximum absolute atomic E-state index is 12.9. The fourth-order valence-corrected chi connectivity index (χ4v) is 3.97. The summed E-state index contributed by atoms with van der Waals surface area (Å²) < 4.78 is 7.64. The van der Waals surface area contributed by atoms with E-state index in [2.05, 4.69) is 15.0 Å². The van der Waals surface area contributed by atoms with E-state index in [1.807, 2.05) is 30.4 Å². The molecule has 134 valence electrons. The van der Waals surface area contributed by atoms with Gasteiger partial charge in [0.25, 0.3) is 0 Å². The van der Waals surface area contributed by atoms with Crippen LogP contribution in [0.1, 0.15) is 33.6 Å². The van der Waals surface area contributed by atoms with E-state index in [1.54, 1.807) is 12.7 Å². The Morgan fingerprint density at radius 3 is 2.71 bits per heavy atom. The molecule has 1 amide bonds. The van der Waals surface area contributed by atoms with Gasteiger partial charge >= 0.3 is 0 Å². The van der Waals surface area contributed by atoms with Crippen molar-refractivity contribution in [3.63, 3.8) is 0 Å². The minimum absolute atomic E-state index is 0.0685. The number of nitrogens with zero attached hydrogens (tertiary/aromatic N) is 5. The van der Waals surface area contributed by atoms with Gasteiger partial charge < -0.3 is 9.64 Å². The van der Waals surface area contributed by atoms with Crippen molar-refractivity contribution in [2.45, 2.75) is 58.4 Å². The largest absolute Gasteiger partial charge is 0.372 e. The molecule has 2 aliphatic rings. The highest BCUT2D eigenvalue weighted by Crippen LogP contribution is 2.21. The van der Waals surface area contributed by atoms with Crippen molar-refractivity contribution in [3.8, 4) is 0 Å². The lowest BCUT2D eigenvalue weighted by atomic mass is 9.96. The first kappa shape index (κ1) is 17.4. The number of morpholine rings is 1. The van der Waals surface area contributed by atoms with Crippen LogP contribution in [0.25, 0.3) is 0 Å². The lowest BCUT2D eigenvalue weighted by Crippen LogP contribution is -2.55. The minimum Gasteiger partial charge on any atom is -0.372 e. The second-order valence-corrected chi connectivity index (χ2v) is 7.30. The molecular formula is C17H29N5O2. The van der Waals surface area contributed by atoms with Crippen LogP contribution in [0.15, 0.2) is 12.7 Å². The standard InChI is InChI=1S/C17H29N5O2/c1-13-7-21(8-14(2)24-13)17(23)15(3)20-6-4-5-16(9-20)10-22-12-18-11-19-22/h11-16H,4-10H2,1-3H3/t13-,14-,15+,16+/m1/s1. The van der Waals surface area contributed by atoms with Crippen LogP contribution in [0.2, 0.25) is 0 Å². The molecule has 1 aromatic rings. The Kier molecular flexibility index (Phi) is 5.50. The zero-order chi connectivity index (χ0) is 17.1. The molecule has 3 rings (SSSR count). The maximum Gasteiger partial charge on any atom is 0.239 e. The Balaban J connectivity index is 1.57. The summed E-state index contributed by atoms with van der Waals surface area (Å²) in [6.45, 7) is 10.3. The summed E-state index contributed by atoms with van der Waals surface area (Å²) in [5.41, 5.74) is 0. The lowest BCUT2D eigenvalue weighted by molar-refractivity contribution is -0.148. The second kappa shape index (κ2) is 7.61. The molecule has 2 saturated heterocycles. The monoisotopic (exact) mass is 335 g/mol. The molecule has 2 fully saturated rings. The summed E-state index contributed by atoms with van der Waals surface area (Å²) in [6.07, 6.45) is 5.89. The van der Waals surface area contributed by atoms with E-state index in [0.29, 0.717) is 19.0 Å². The number of hydrogen-bond acceptors (Lipinski definition) is 5. The van der Waals surface area contributed by atoms with E-state index in [9.17, 15) is 4.79 Å². The third-order valence-corrected chi connectivity index (χ3v) is 5.10. The predicted molar refractivity (Wildman–Crippen MR) is 90.4 cm³/mol. The highest BCUT2D eigenvalue weighted by molar-refractivity contribution is 5.81. The van der Waals surface area contributed by atoms with Gasteiger partial charge in [0, 0.05) is 26.2 Å². The summed E-state index contributed by atoms with van der Waals surface area (Å²) in [7, 11) is 0. The van der Waals surface area contributed by atoms with E-state index in [4.69, 9.17) is 4.74 Å². The number of rotatable bonds is 4. The molecule has 0 N–H and O–H groups in total. The molecule has 0 aliphatic carbocycles. The molecule has 0 unspecified atom stereocenters. The van der Waals surface area contributed by atoms with E-state index in [-0.39, 0.29) is 24.2 Å². The number of ether oxygens (including phenoxy) is 1. The first-order valence-corrected chi connectivity index (χ1v) is 9.03. The van der Waals surface area contributed by atoms with Crippen molar-refractivity contribution in [3.05, 3.63) is 12.7 Å². The van der Waals surface area contributed by atoms with E-state index >= 15 is 0 Å². The number of carbonyl (C=O) groups excluding carboxylic acids is 1. The molecule has 0 saturated carbocycles. The number of piperidine rings is 1. The van der Waals surface area contributed by atoms with Crippen molar-refractivity contribution in [2.75, 3.05) is 26.2 Å². The SMILES string of the molecule is C[C@@H]1CN(C(=O)[C@H](C)N2CCC[C@H](Cn3cncn3)C2)C[C@@H](C)O1. The van der Waals surface area contributed by atoms with Gasteiger partial charge in [-0.25, -0.2) is 4.98 Å². The van der Waals surface area contributed by atoms with Crippen LogP contribution >= 0.6 is 0 Å². The number of carbonyl (C=O) groups is 1. The molecule has 1 aromatic heterocycles. The van der Waals surface area contributed by atoms with Crippen molar-refractivity contribution in [2.24, 2.45) is 5.92 Å². The predicted octanol–water partition coefficient (Wildman–Crippen LogP) is 1.01. The van der Waals surface area contributed by atoms with E-state index in [1.165, 1.54) is 6.42 Å². The summed E-state index contributed by atoms with van der Waals surface area (Å²) in [6, 6.07) is -0.0685. The zero-order valence-corrected chi connectivity index (χ0v) is 15.0. The molecule has 0 aromatic carbocycles. The van der Waals surface area contributed by atoms with Crippen molar-refractivity contribution >= 4 is 5.91 Å².